The van der Waals surface area contributed by atoms with Crippen LogP contribution in [0.1, 0.15) is 41.7 Å². The maximum absolute atomic E-state index is 13.4. The van der Waals surface area contributed by atoms with Crippen molar-refractivity contribution in [2.24, 2.45) is 0 Å². The van der Waals surface area contributed by atoms with E-state index in [0.29, 0.717) is 5.56 Å². The van der Waals surface area contributed by atoms with Gasteiger partial charge < -0.3 is 15.5 Å². The molecule has 0 saturated heterocycles. The van der Waals surface area contributed by atoms with Crippen LogP contribution in [0.15, 0.2) is 30.3 Å². The second-order valence-corrected chi connectivity index (χ2v) is 7.90. The largest absolute Gasteiger partial charge is 0.377 e. The van der Waals surface area contributed by atoms with Crippen molar-refractivity contribution in [2.45, 2.75) is 44.7 Å². The summed E-state index contributed by atoms with van der Waals surface area (Å²) in [4.78, 5) is 19.3. The zero-order valence-electron chi connectivity index (χ0n) is 16.4. The first-order valence-corrected chi connectivity index (χ1v) is 9.90. The van der Waals surface area contributed by atoms with E-state index in [4.69, 9.17) is 11.6 Å². The Labute approximate surface area is 170 Å². The van der Waals surface area contributed by atoms with Crippen LogP contribution in [0.4, 0.5) is 15.9 Å². The molecule has 2 N–H and O–H groups in total. The Morgan fingerprint density at radius 3 is 2.57 bits per heavy atom. The number of hydrogen-bond acceptors (Lipinski definition) is 4. The zero-order chi connectivity index (χ0) is 20.3. The molecule has 150 valence electrons. The van der Waals surface area contributed by atoms with Crippen LogP contribution in [0.5, 0.6) is 0 Å². The highest BCUT2D eigenvalue weighted by Crippen LogP contribution is 2.25. The minimum Gasteiger partial charge on any atom is -0.377 e. The van der Waals surface area contributed by atoms with E-state index < -0.39 is 5.82 Å². The molecule has 1 aromatic heterocycles. The number of benzene rings is 1. The number of aromatic nitrogens is 1. The molecule has 28 heavy (non-hydrogen) atoms. The molecule has 3 rings (SSSR count). The number of aryl methyl sites for hydroxylation is 1. The van der Waals surface area contributed by atoms with Crippen molar-refractivity contribution in [3.63, 3.8) is 0 Å². The first-order valence-electron chi connectivity index (χ1n) is 9.52. The first kappa shape index (κ1) is 20.4. The minimum atomic E-state index is -0.530. The monoisotopic (exact) mass is 404 g/mol. The summed E-state index contributed by atoms with van der Waals surface area (Å²) in [5.74, 6) is 0.0316. The van der Waals surface area contributed by atoms with Crippen LogP contribution in [0.25, 0.3) is 0 Å². The van der Waals surface area contributed by atoms with Gasteiger partial charge >= 0.3 is 0 Å². The molecule has 1 fully saturated rings. The fourth-order valence-corrected chi connectivity index (χ4v) is 3.72. The second kappa shape index (κ2) is 8.78. The van der Waals surface area contributed by atoms with Gasteiger partial charge in [0.05, 0.1) is 5.02 Å². The molecular formula is C21H26ClFN4O. The molecule has 1 aliphatic rings. The van der Waals surface area contributed by atoms with Crippen molar-refractivity contribution in [1.82, 2.24) is 10.3 Å². The first-order chi connectivity index (χ1) is 13.3. The Balaban J connectivity index is 1.73. The number of hydrogen-bond donors (Lipinski definition) is 2. The Hall–Kier alpha value is -2.34. The minimum absolute atomic E-state index is 0.0322. The quantitative estimate of drug-likeness (QED) is 0.775. The van der Waals surface area contributed by atoms with Gasteiger partial charge in [-0.05, 0) is 44.0 Å². The number of carbonyl (C=O) groups excluding carboxylic acids is 1. The maximum atomic E-state index is 13.4. The van der Waals surface area contributed by atoms with E-state index in [-0.39, 0.29) is 23.0 Å². The van der Waals surface area contributed by atoms with Crippen molar-refractivity contribution in [3.05, 3.63) is 52.4 Å². The Bertz CT molecular complexity index is 858. The predicted molar refractivity (Wildman–Crippen MR) is 112 cm³/mol. The summed E-state index contributed by atoms with van der Waals surface area (Å²) in [5.41, 5.74) is 2.37. The number of nitrogens with zero attached hydrogens (tertiary/aromatic N) is 2. The van der Waals surface area contributed by atoms with Gasteiger partial charge in [-0.1, -0.05) is 24.4 Å². The van der Waals surface area contributed by atoms with Gasteiger partial charge in [0.1, 0.15) is 11.6 Å². The van der Waals surface area contributed by atoms with Crippen LogP contribution in [0.2, 0.25) is 5.02 Å². The van der Waals surface area contributed by atoms with E-state index in [0.717, 1.165) is 42.9 Å². The number of nitrogens with one attached hydrogen (secondary N) is 2. The van der Waals surface area contributed by atoms with Crippen LogP contribution in [-0.4, -0.2) is 37.1 Å². The Morgan fingerprint density at radius 1 is 1.18 bits per heavy atom. The van der Waals surface area contributed by atoms with E-state index in [9.17, 15) is 9.18 Å². The topological polar surface area (TPSA) is 57.3 Å². The van der Waals surface area contributed by atoms with E-state index >= 15 is 0 Å². The van der Waals surface area contributed by atoms with Crippen molar-refractivity contribution < 1.29 is 9.18 Å². The van der Waals surface area contributed by atoms with E-state index in [1.54, 1.807) is 0 Å². The molecule has 1 aromatic carbocycles. The molecule has 1 amide bonds. The van der Waals surface area contributed by atoms with Gasteiger partial charge in [-0.25, -0.2) is 9.37 Å². The molecule has 0 bridgehead atoms. The van der Waals surface area contributed by atoms with Gasteiger partial charge in [-0.15, -0.1) is 0 Å². The number of pyridine rings is 1. The summed E-state index contributed by atoms with van der Waals surface area (Å²) in [7, 11) is 3.99. The molecule has 7 heteroatoms. The van der Waals surface area contributed by atoms with Crippen LogP contribution in [0.3, 0.4) is 0 Å². The average Bonchev–Trinajstić information content (AvgIpc) is 2.65. The highest BCUT2D eigenvalue weighted by molar-refractivity contribution is 6.31. The standard InChI is InChI=1S/C21H26ClFN4O/c1-13-10-15(27(2)3)12-20(24-13)25-18-6-4-5-7-19(18)26-21(28)14-8-9-17(23)16(22)11-14/h8-12,18-19H,4-7H2,1-3H3,(H,24,25)(H,26,28). The summed E-state index contributed by atoms with van der Waals surface area (Å²) < 4.78 is 13.4. The van der Waals surface area contributed by atoms with E-state index in [1.165, 1.54) is 18.2 Å². The molecule has 0 radical (unpaired) electrons. The van der Waals surface area contributed by atoms with Crippen LogP contribution < -0.4 is 15.5 Å². The van der Waals surface area contributed by atoms with Crippen LogP contribution >= 0.6 is 11.6 Å². The fraction of sp³-hybridized carbons (Fsp3) is 0.429. The number of rotatable bonds is 5. The third-order valence-corrected chi connectivity index (χ3v) is 5.34. The predicted octanol–water partition coefficient (Wildman–Crippen LogP) is 4.40. The normalized spacial score (nSPS) is 19.2. The molecular weight excluding hydrogens is 379 g/mol. The third kappa shape index (κ3) is 4.93. The molecule has 1 aliphatic carbocycles. The van der Waals surface area contributed by atoms with Gasteiger partial charge in [0.2, 0.25) is 0 Å². The SMILES string of the molecule is Cc1cc(N(C)C)cc(NC2CCCCC2NC(=O)c2ccc(F)c(Cl)c2)n1. The summed E-state index contributed by atoms with van der Waals surface area (Å²) in [6, 6.07) is 8.13. The molecule has 0 aliphatic heterocycles. The Kier molecular flexibility index (Phi) is 6.39. The smallest absolute Gasteiger partial charge is 0.251 e. The van der Waals surface area contributed by atoms with Crippen molar-refractivity contribution in [2.75, 3.05) is 24.3 Å². The summed E-state index contributed by atoms with van der Waals surface area (Å²) >= 11 is 5.81. The summed E-state index contributed by atoms with van der Waals surface area (Å²) in [5, 5.41) is 6.54. The lowest BCUT2D eigenvalue weighted by atomic mass is 9.90. The molecule has 2 atom stereocenters. The lowest BCUT2D eigenvalue weighted by Gasteiger charge is -2.33. The summed E-state index contributed by atoms with van der Waals surface area (Å²) in [6.07, 6.45) is 3.98. The van der Waals surface area contributed by atoms with Gasteiger partial charge in [0.15, 0.2) is 0 Å². The van der Waals surface area contributed by atoms with Crippen molar-refractivity contribution in [3.8, 4) is 0 Å². The van der Waals surface area contributed by atoms with Gasteiger partial charge in [0, 0.05) is 49.2 Å². The van der Waals surface area contributed by atoms with Crippen LogP contribution in [0, 0.1) is 12.7 Å². The molecule has 0 spiro atoms. The lowest BCUT2D eigenvalue weighted by molar-refractivity contribution is 0.0923. The average molecular weight is 405 g/mol. The number of halogens is 2. The highest BCUT2D eigenvalue weighted by atomic mass is 35.5. The van der Waals surface area contributed by atoms with Gasteiger partial charge in [0.25, 0.3) is 5.91 Å². The third-order valence-electron chi connectivity index (χ3n) is 5.05. The number of anilines is 2. The number of amides is 1. The van der Waals surface area contributed by atoms with Crippen molar-refractivity contribution in [1.29, 1.82) is 0 Å². The van der Waals surface area contributed by atoms with E-state index in [2.05, 4.69) is 15.6 Å². The van der Waals surface area contributed by atoms with Gasteiger partial charge in [-0.3, -0.25) is 4.79 Å². The lowest BCUT2D eigenvalue weighted by Crippen LogP contribution is -2.48. The number of carbonyl (C=O) groups is 1. The molecule has 1 saturated carbocycles. The van der Waals surface area contributed by atoms with Crippen LogP contribution in [-0.2, 0) is 0 Å². The molecule has 1 heterocycles. The maximum Gasteiger partial charge on any atom is 0.251 e. The van der Waals surface area contributed by atoms with Gasteiger partial charge in [-0.2, -0.15) is 0 Å². The van der Waals surface area contributed by atoms with E-state index in [1.807, 2.05) is 38.1 Å². The highest BCUT2D eigenvalue weighted by Gasteiger charge is 2.27. The molecule has 2 aromatic rings. The second-order valence-electron chi connectivity index (χ2n) is 7.49. The van der Waals surface area contributed by atoms with Crippen molar-refractivity contribution >= 4 is 29.0 Å². The summed E-state index contributed by atoms with van der Waals surface area (Å²) in [6.45, 7) is 1.97. The fourth-order valence-electron chi connectivity index (χ4n) is 3.54. The zero-order valence-corrected chi connectivity index (χ0v) is 17.2. The molecule has 5 nitrogen and oxygen atoms in total. The molecule has 2 unspecified atom stereocenters. The Morgan fingerprint density at radius 2 is 1.89 bits per heavy atom.